The van der Waals surface area contributed by atoms with Crippen molar-refractivity contribution in [3.63, 3.8) is 0 Å². The second kappa shape index (κ2) is 7.69. The number of amides is 2. The molecule has 7 nitrogen and oxygen atoms in total. The number of hydrogen-bond donors (Lipinski definition) is 2. The first-order chi connectivity index (χ1) is 17.4. The molecule has 0 spiro atoms. The van der Waals surface area contributed by atoms with Crippen molar-refractivity contribution >= 4 is 40.6 Å². The lowest BCUT2D eigenvalue weighted by Gasteiger charge is -2.43. The SMILES string of the molecule is COc1cc([C@@H]2c3sc(=O)[nH]c3S[C@@H]3[C@H]4C[C@@H]([C@@H]5C(=O)N(c6ccc(F)cc6)C(=O)[C@@H]45)[C@@H]23)ccc1O. The van der Waals surface area contributed by atoms with Gasteiger partial charge < -0.3 is 14.8 Å². The van der Waals surface area contributed by atoms with E-state index in [-0.39, 0.29) is 51.4 Å². The van der Waals surface area contributed by atoms with Gasteiger partial charge in [-0.25, -0.2) is 4.39 Å². The molecule has 2 aromatic carbocycles. The van der Waals surface area contributed by atoms with Crippen molar-refractivity contribution in [2.24, 2.45) is 29.6 Å². The number of carbonyl (C=O) groups excluding carboxylic acids is 2. The molecule has 184 valence electrons. The van der Waals surface area contributed by atoms with E-state index in [0.29, 0.717) is 11.4 Å². The molecular formula is C26H21FN2O5S2. The number of aromatic hydroxyl groups is 1. The van der Waals surface area contributed by atoms with Crippen LogP contribution in [0.5, 0.6) is 11.5 Å². The number of H-pyrrole nitrogens is 1. The normalized spacial score (nSPS) is 31.9. The fourth-order valence-electron chi connectivity index (χ4n) is 7.12. The van der Waals surface area contributed by atoms with Gasteiger partial charge in [0, 0.05) is 16.0 Å². The fourth-order valence-corrected chi connectivity index (χ4v) is 10.0. The molecule has 2 aliphatic heterocycles. The van der Waals surface area contributed by atoms with Gasteiger partial charge in [0.1, 0.15) is 5.82 Å². The van der Waals surface area contributed by atoms with Crippen LogP contribution in [0.2, 0.25) is 0 Å². The molecule has 2 saturated carbocycles. The van der Waals surface area contributed by atoms with Crippen molar-refractivity contribution in [3.05, 3.63) is 68.4 Å². The number of phenolic OH excluding ortho intramolecular Hbond substituents is 1. The van der Waals surface area contributed by atoms with Gasteiger partial charge in [-0.1, -0.05) is 17.4 Å². The van der Waals surface area contributed by atoms with Gasteiger partial charge >= 0.3 is 4.87 Å². The number of benzene rings is 2. The number of nitrogens with zero attached hydrogens (tertiary/aromatic N) is 1. The summed E-state index contributed by atoms with van der Waals surface area (Å²) in [5.74, 6) is -1.48. The van der Waals surface area contributed by atoms with Gasteiger partial charge in [-0.3, -0.25) is 19.3 Å². The van der Waals surface area contributed by atoms with Crippen LogP contribution < -0.4 is 14.5 Å². The standard InChI is InChI=1S/C26H21FN2O5S2/c1-34-16-8-10(2-7-15(16)30)17-18-13-9-14(21(18)35-23-22(17)36-26(33)28-23)20-19(13)24(31)29(25(20)32)12-5-3-11(27)4-6-12/h2-8,13-14,17-21,30H,9H2,1H3,(H,28,33)/t13-,14+,17+,18+,19+,20+,21-/m1/s1. The quantitative estimate of drug-likeness (QED) is 0.503. The van der Waals surface area contributed by atoms with Gasteiger partial charge in [-0.15, -0.1) is 11.8 Å². The number of phenols is 1. The van der Waals surface area contributed by atoms with Gasteiger partial charge in [0.25, 0.3) is 0 Å². The third-order valence-electron chi connectivity index (χ3n) is 8.37. The molecule has 3 heterocycles. The summed E-state index contributed by atoms with van der Waals surface area (Å²) >= 11 is 2.80. The maximum Gasteiger partial charge on any atom is 0.305 e. The number of ether oxygens (including phenoxy) is 1. The molecule has 2 amide bonds. The molecule has 1 saturated heterocycles. The molecule has 10 heteroatoms. The van der Waals surface area contributed by atoms with E-state index in [2.05, 4.69) is 4.98 Å². The van der Waals surface area contributed by atoms with E-state index < -0.39 is 17.7 Å². The maximum atomic E-state index is 13.7. The number of imide groups is 1. The van der Waals surface area contributed by atoms with Crippen LogP contribution in [-0.4, -0.2) is 34.3 Å². The Kier molecular flexibility index (Phi) is 4.73. The van der Waals surface area contributed by atoms with E-state index in [0.717, 1.165) is 21.9 Å². The number of halogens is 1. The van der Waals surface area contributed by atoms with E-state index in [9.17, 15) is 23.9 Å². The number of methoxy groups -OCH3 is 1. The Bertz CT molecular complexity index is 1480. The zero-order valence-corrected chi connectivity index (χ0v) is 20.6. The van der Waals surface area contributed by atoms with Crippen molar-refractivity contribution in [2.45, 2.75) is 22.6 Å². The summed E-state index contributed by atoms with van der Waals surface area (Å²) in [6, 6.07) is 10.7. The van der Waals surface area contributed by atoms with Gasteiger partial charge in [0.05, 0.1) is 29.7 Å². The third-order valence-corrected chi connectivity index (χ3v) is 11.0. The summed E-state index contributed by atoms with van der Waals surface area (Å²) in [5, 5.41) is 11.1. The largest absolute Gasteiger partial charge is 0.504 e. The Morgan fingerprint density at radius 3 is 2.50 bits per heavy atom. The topological polar surface area (TPSA) is 99.7 Å². The number of fused-ring (bicyclic) bond motifs is 9. The van der Waals surface area contributed by atoms with Gasteiger partial charge in [-0.05, 0) is 66.1 Å². The highest BCUT2D eigenvalue weighted by Gasteiger charge is 2.69. The average molecular weight is 525 g/mol. The second-order valence-corrected chi connectivity index (χ2v) is 12.1. The molecule has 2 bridgehead atoms. The maximum absolute atomic E-state index is 13.7. The summed E-state index contributed by atoms with van der Waals surface area (Å²) in [5.41, 5.74) is 1.31. The van der Waals surface area contributed by atoms with Gasteiger partial charge in [0.15, 0.2) is 11.5 Å². The lowest BCUT2D eigenvalue weighted by molar-refractivity contribution is -0.123. The fraction of sp³-hybridized carbons (Fsp3) is 0.346. The molecule has 4 aliphatic rings. The van der Waals surface area contributed by atoms with E-state index in [1.807, 2.05) is 6.07 Å². The van der Waals surface area contributed by atoms with Crippen molar-refractivity contribution in [3.8, 4) is 11.5 Å². The van der Waals surface area contributed by atoms with Crippen LogP contribution in [0.1, 0.15) is 22.8 Å². The van der Waals surface area contributed by atoms with E-state index in [1.54, 1.807) is 23.9 Å². The lowest BCUT2D eigenvalue weighted by Crippen LogP contribution is -2.42. The van der Waals surface area contributed by atoms with Crippen molar-refractivity contribution in [1.82, 2.24) is 4.98 Å². The Morgan fingerprint density at radius 2 is 1.78 bits per heavy atom. The number of aromatic amines is 1. The first-order valence-corrected chi connectivity index (χ1v) is 13.5. The number of thioether (sulfide) groups is 1. The molecule has 36 heavy (non-hydrogen) atoms. The summed E-state index contributed by atoms with van der Waals surface area (Å²) in [6.45, 7) is 0. The van der Waals surface area contributed by atoms with Crippen LogP contribution >= 0.6 is 23.1 Å². The number of thiazole rings is 1. The minimum atomic E-state index is -0.437. The molecule has 2 aliphatic carbocycles. The van der Waals surface area contributed by atoms with E-state index in [4.69, 9.17) is 4.74 Å². The molecule has 1 aromatic heterocycles. The smallest absolute Gasteiger partial charge is 0.305 e. The Balaban J connectivity index is 1.33. The van der Waals surface area contributed by atoms with Gasteiger partial charge in [-0.2, -0.15) is 0 Å². The number of carbonyl (C=O) groups is 2. The van der Waals surface area contributed by atoms with Crippen LogP contribution in [0.25, 0.3) is 0 Å². The van der Waals surface area contributed by atoms with Crippen LogP contribution in [0.3, 0.4) is 0 Å². The van der Waals surface area contributed by atoms with Crippen molar-refractivity contribution < 1.29 is 23.8 Å². The third kappa shape index (κ3) is 2.88. The predicted octanol–water partition coefficient (Wildman–Crippen LogP) is 3.97. The van der Waals surface area contributed by atoms with Crippen LogP contribution in [0, 0.1) is 35.4 Å². The second-order valence-electron chi connectivity index (χ2n) is 9.88. The molecule has 7 rings (SSSR count). The predicted molar refractivity (Wildman–Crippen MR) is 132 cm³/mol. The van der Waals surface area contributed by atoms with Crippen LogP contribution in [-0.2, 0) is 9.59 Å². The number of rotatable bonds is 3. The average Bonchev–Trinajstić information content (AvgIpc) is 3.59. The Labute approximate surface area is 213 Å². The zero-order valence-electron chi connectivity index (χ0n) is 19.0. The van der Waals surface area contributed by atoms with Gasteiger partial charge in [0.2, 0.25) is 11.8 Å². The number of nitrogens with one attached hydrogen (secondary N) is 1. The highest BCUT2D eigenvalue weighted by atomic mass is 32.2. The molecule has 7 atom stereocenters. The molecule has 0 radical (unpaired) electrons. The van der Waals surface area contributed by atoms with Crippen LogP contribution in [0.15, 0.2) is 52.3 Å². The van der Waals surface area contributed by atoms with Crippen LogP contribution in [0.4, 0.5) is 10.1 Å². The number of aromatic nitrogens is 1. The minimum absolute atomic E-state index is 0.00467. The lowest BCUT2D eigenvalue weighted by atomic mass is 9.68. The summed E-state index contributed by atoms with van der Waals surface area (Å²) in [7, 11) is 1.49. The first kappa shape index (κ1) is 22.1. The van der Waals surface area contributed by atoms with Crippen molar-refractivity contribution in [1.29, 1.82) is 0 Å². The zero-order chi connectivity index (χ0) is 24.9. The first-order valence-electron chi connectivity index (χ1n) is 11.8. The Morgan fingerprint density at radius 1 is 1.06 bits per heavy atom. The summed E-state index contributed by atoms with van der Waals surface area (Å²) in [4.78, 5) is 44.6. The van der Waals surface area contributed by atoms with E-state index >= 15 is 0 Å². The highest BCUT2D eigenvalue weighted by molar-refractivity contribution is 8.00. The summed E-state index contributed by atoms with van der Waals surface area (Å²) in [6.07, 6.45) is 0.775. The number of hydrogen-bond acceptors (Lipinski definition) is 7. The molecule has 3 aromatic rings. The molecular weight excluding hydrogens is 503 g/mol. The van der Waals surface area contributed by atoms with E-state index in [1.165, 1.54) is 47.6 Å². The Hall–Kier alpha value is -3.11. The van der Waals surface area contributed by atoms with Crippen molar-refractivity contribution in [2.75, 3.05) is 12.0 Å². The molecule has 3 fully saturated rings. The molecule has 2 N–H and O–H groups in total. The monoisotopic (exact) mass is 524 g/mol. The number of anilines is 1. The highest BCUT2D eigenvalue weighted by Crippen LogP contribution is 2.68. The summed E-state index contributed by atoms with van der Waals surface area (Å²) < 4.78 is 18.9. The molecule has 0 unspecified atom stereocenters. The minimum Gasteiger partial charge on any atom is -0.504 e.